The summed E-state index contributed by atoms with van der Waals surface area (Å²) in [6, 6.07) is 0. The van der Waals surface area contributed by atoms with E-state index in [0.717, 1.165) is 0 Å². The summed E-state index contributed by atoms with van der Waals surface area (Å²) in [7, 11) is 0. The standard InChI is InChI=1S/C2H8N2.Mo.2H2O.2O/c3-1-2-4;;;;;/h1-4H2;;2*1H2;;/q;+2;;;;/p-2. The van der Waals surface area contributed by atoms with Crippen LogP contribution in [0.1, 0.15) is 0 Å². The Kier molecular flexibility index (Phi) is 8.24. The van der Waals surface area contributed by atoms with Crippen molar-refractivity contribution in [1.82, 2.24) is 0 Å². The van der Waals surface area contributed by atoms with Gasteiger partial charge in [-0.1, -0.05) is 0 Å². The molecule has 0 aromatic rings. The monoisotopic (exact) mass is 224 g/mol. The van der Waals surface area contributed by atoms with Crippen molar-refractivity contribution >= 4 is 0 Å². The summed E-state index contributed by atoms with van der Waals surface area (Å²) in [5.74, 6) is 0. The van der Waals surface area contributed by atoms with Gasteiger partial charge in [0, 0.05) is 13.1 Å². The van der Waals surface area contributed by atoms with Gasteiger partial charge in [0.25, 0.3) is 0 Å². The van der Waals surface area contributed by atoms with Crippen LogP contribution in [0.5, 0.6) is 0 Å². The number of rotatable bonds is 1. The van der Waals surface area contributed by atoms with E-state index in [1.165, 1.54) is 0 Å². The van der Waals surface area contributed by atoms with Crippen molar-refractivity contribution < 1.29 is 31.1 Å². The molecule has 0 aromatic carbocycles. The van der Waals surface area contributed by atoms with E-state index in [1.54, 1.807) is 0 Å². The predicted octanol–water partition coefficient (Wildman–Crippen LogP) is -2.45. The van der Waals surface area contributed by atoms with E-state index in [-0.39, 0.29) is 0 Å². The first kappa shape index (κ1) is 11.9. The first-order valence-electron chi connectivity index (χ1n) is 2.01. The summed E-state index contributed by atoms with van der Waals surface area (Å²) in [6.07, 6.45) is 0. The summed E-state index contributed by atoms with van der Waals surface area (Å²) in [5, 5.41) is 0. The molecule has 0 rings (SSSR count). The zero-order valence-corrected chi connectivity index (χ0v) is 6.70. The third-order valence-corrected chi connectivity index (χ3v) is 0.167. The molecule has 0 bridgehead atoms. The molecule has 0 aliphatic heterocycles. The van der Waals surface area contributed by atoms with Crippen LogP contribution in [0.2, 0.25) is 0 Å². The fourth-order valence-electron chi connectivity index (χ4n) is 0. The van der Waals surface area contributed by atoms with Gasteiger partial charge in [-0.05, 0) is 0 Å². The van der Waals surface area contributed by atoms with Crippen molar-refractivity contribution in [3.05, 3.63) is 0 Å². The van der Waals surface area contributed by atoms with Gasteiger partial charge in [-0.2, -0.15) is 0 Å². The van der Waals surface area contributed by atoms with Gasteiger partial charge in [0.1, 0.15) is 0 Å². The van der Waals surface area contributed by atoms with Crippen molar-refractivity contribution in [2.24, 2.45) is 11.5 Å². The van der Waals surface area contributed by atoms with Gasteiger partial charge in [0.15, 0.2) is 0 Å². The van der Waals surface area contributed by atoms with Crippen LogP contribution in [0.25, 0.3) is 0 Å². The van der Waals surface area contributed by atoms with Crippen molar-refractivity contribution in [2.45, 2.75) is 0 Å². The second-order valence-electron chi connectivity index (χ2n) is 1.03. The average Bonchev–Trinajstić information content (AvgIpc) is 1.61. The molecule has 0 unspecified atom stereocenters. The maximum atomic E-state index is 8.85. The summed E-state index contributed by atoms with van der Waals surface area (Å²) in [5.41, 5.74) is 9.81. The van der Waals surface area contributed by atoms with Crippen LogP contribution >= 0.6 is 0 Å². The predicted molar refractivity (Wildman–Crippen MR) is 23.9 cm³/mol. The number of hydrogen-bond donors (Lipinski definition) is 4. The van der Waals surface area contributed by atoms with E-state index < -0.39 is 16.7 Å². The molecule has 9 heavy (non-hydrogen) atoms. The average molecular weight is 222 g/mol. The molecular formula is C2H10MoN2O4. The summed E-state index contributed by atoms with van der Waals surface area (Å²) < 4.78 is 32.0. The normalized spacial score (nSPS) is 9.78. The van der Waals surface area contributed by atoms with Crippen molar-refractivity contribution in [3.8, 4) is 0 Å². The molecule has 0 aliphatic carbocycles. The molecular weight excluding hydrogens is 212 g/mol. The van der Waals surface area contributed by atoms with Crippen LogP contribution in [0.4, 0.5) is 0 Å². The van der Waals surface area contributed by atoms with Gasteiger partial charge in [-0.25, -0.2) is 0 Å². The van der Waals surface area contributed by atoms with Crippen molar-refractivity contribution in [3.63, 3.8) is 0 Å². The van der Waals surface area contributed by atoms with Crippen LogP contribution in [0.3, 0.4) is 0 Å². The van der Waals surface area contributed by atoms with Crippen LogP contribution < -0.4 is 11.5 Å². The minimum absolute atomic E-state index is 0.597. The van der Waals surface area contributed by atoms with Gasteiger partial charge in [-0.3, -0.25) is 0 Å². The Morgan fingerprint density at radius 3 is 1.22 bits per heavy atom. The van der Waals surface area contributed by atoms with E-state index in [1.807, 2.05) is 0 Å². The molecule has 0 aromatic heterocycles. The van der Waals surface area contributed by atoms with Gasteiger partial charge in [-0.15, -0.1) is 0 Å². The molecule has 0 aliphatic rings. The Labute approximate surface area is 56.2 Å². The molecule has 0 amide bonds. The van der Waals surface area contributed by atoms with Crippen molar-refractivity contribution in [1.29, 1.82) is 0 Å². The summed E-state index contributed by atoms with van der Waals surface area (Å²) >= 11 is -5.52. The molecule has 58 valence electrons. The first-order valence-corrected chi connectivity index (χ1v) is 5.45. The molecule has 0 atom stereocenters. The zero-order chi connectivity index (χ0) is 7.91. The van der Waals surface area contributed by atoms with E-state index in [2.05, 4.69) is 0 Å². The Bertz CT molecular complexity index is 120. The van der Waals surface area contributed by atoms with Crippen LogP contribution in [-0.2, 0) is 23.5 Å². The minimum atomic E-state index is -5.52. The molecule has 0 saturated carbocycles. The molecule has 0 fully saturated rings. The Morgan fingerprint density at radius 2 is 1.22 bits per heavy atom. The third kappa shape index (κ3) is 240. The summed E-state index contributed by atoms with van der Waals surface area (Å²) in [6.45, 7) is 1.19. The van der Waals surface area contributed by atoms with E-state index in [9.17, 15) is 0 Å². The quantitative estimate of drug-likeness (QED) is 0.365. The van der Waals surface area contributed by atoms with Crippen LogP contribution in [0, 0.1) is 0 Å². The van der Waals surface area contributed by atoms with Gasteiger partial charge < -0.3 is 11.5 Å². The molecule has 0 heterocycles. The van der Waals surface area contributed by atoms with Gasteiger partial charge in [0.05, 0.1) is 0 Å². The van der Waals surface area contributed by atoms with Gasteiger partial charge >= 0.3 is 31.1 Å². The fourth-order valence-corrected chi connectivity index (χ4v) is 0. The van der Waals surface area contributed by atoms with Crippen LogP contribution in [0.15, 0.2) is 0 Å². The number of hydrogen-bond acceptors (Lipinski definition) is 4. The summed E-state index contributed by atoms with van der Waals surface area (Å²) in [4.78, 5) is 0. The maximum absolute atomic E-state index is 8.85. The SMILES string of the molecule is NCCN.[O]=[Mo](=[O])([OH])[OH]. The topological polar surface area (TPSA) is 127 Å². The third-order valence-electron chi connectivity index (χ3n) is 0.167. The van der Waals surface area contributed by atoms with E-state index in [4.69, 9.17) is 25.8 Å². The van der Waals surface area contributed by atoms with E-state index in [0.29, 0.717) is 13.1 Å². The van der Waals surface area contributed by atoms with E-state index >= 15 is 0 Å². The molecule has 6 nitrogen and oxygen atoms in total. The Balaban J connectivity index is 0. The van der Waals surface area contributed by atoms with Crippen LogP contribution in [-0.4, -0.2) is 20.6 Å². The molecule has 7 heteroatoms. The van der Waals surface area contributed by atoms with Gasteiger partial charge in [0.2, 0.25) is 0 Å². The first-order chi connectivity index (χ1) is 3.91. The molecule has 6 N–H and O–H groups in total. The molecule has 0 spiro atoms. The zero-order valence-electron chi connectivity index (χ0n) is 4.69. The fraction of sp³-hybridized carbons (Fsp3) is 1.00. The Hall–Kier alpha value is 0.128. The number of nitrogens with two attached hydrogens (primary N) is 2. The van der Waals surface area contributed by atoms with Crippen molar-refractivity contribution in [2.75, 3.05) is 13.1 Å². The molecule has 0 radical (unpaired) electrons. The Morgan fingerprint density at radius 1 is 1.11 bits per heavy atom. The second kappa shape index (κ2) is 6.25. The molecule has 0 saturated heterocycles. The second-order valence-corrected chi connectivity index (χ2v) is 3.23.